The van der Waals surface area contributed by atoms with Gasteiger partial charge in [-0.25, -0.2) is 10.2 Å². The molecule has 0 radical (unpaired) electrons. The quantitative estimate of drug-likeness (QED) is 0.686. The summed E-state index contributed by atoms with van der Waals surface area (Å²) >= 11 is 0. The maximum absolute atomic E-state index is 11.6. The summed E-state index contributed by atoms with van der Waals surface area (Å²) in [6.07, 6.45) is -0.624. The lowest BCUT2D eigenvalue weighted by atomic mass is 10.2. The molecule has 0 spiro atoms. The molecule has 0 unspecified atom stereocenters. The maximum Gasteiger partial charge on any atom is 0.408 e. The van der Waals surface area contributed by atoms with Crippen LogP contribution >= 0.6 is 0 Å². The minimum atomic E-state index is -0.676. The van der Waals surface area contributed by atoms with Crippen molar-refractivity contribution in [1.29, 1.82) is 0 Å². The molecule has 1 aromatic rings. The van der Waals surface area contributed by atoms with Crippen molar-refractivity contribution in [2.45, 2.75) is 39.5 Å². The molecular formula is C14H21N3O3. The molecule has 1 rings (SSSR count). The molecule has 1 atom stereocenters. The van der Waals surface area contributed by atoms with Gasteiger partial charge in [0.2, 0.25) is 0 Å². The van der Waals surface area contributed by atoms with Gasteiger partial charge in [0.05, 0.1) is 0 Å². The third-order valence-corrected chi connectivity index (χ3v) is 2.42. The van der Waals surface area contributed by atoms with E-state index in [0.29, 0.717) is 0 Å². The fourth-order valence-corrected chi connectivity index (χ4v) is 1.33. The smallest absolute Gasteiger partial charge is 0.408 e. The molecular weight excluding hydrogens is 258 g/mol. The van der Waals surface area contributed by atoms with Gasteiger partial charge in [-0.15, -0.1) is 0 Å². The molecule has 0 heterocycles. The highest BCUT2D eigenvalue weighted by atomic mass is 16.5. The van der Waals surface area contributed by atoms with Crippen molar-refractivity contribution in [3.8, 4) is 0 Å². The first-order chi connectivity index (χ1) is 9.49. The fraction of sp³-hybridized carbons (Fsp3) is 0.429. The third-order valence-electron chi connectivity index (χ3n) is 2.42. The minimum absolute atomic E-state index is 0.121. The van der Waals surface area contributed by atoms with E-state index in [0.717, 1.165) is 5.56 Å². The Bertz CT molecular complexity index is 435. The number of amides is 2. The Morgan fingerprint density at radius 2 is 1.80 bits per heavy atom. The summed E-state index contributed by atoms with van der Waals surface area (Å²) in [5.41, 5.74) is 6.16. The van der Waals surface area contributed by atoms with Crippen LogP contribution in [-0.2, 0) is 16.1 Å². The van der Waals surface area contributed by atoms with Gasteiger partial charge < -0.3 is 10.1 Å². The predicted octanol–water partition coefficient (Wildman–Crippen LogP) is 1.33. The number of hydrazine groups is 1. The molecule has 6 nitrogen and oxygen atoms in total. The first-order valence-electron chi connectivity index (χ1n) is 6.51. The van der Waals surface area contributed by atoms with Crippen LogP contribution in [0.2, 0.25) is 0 Å². The van der Waals surface area contributed by atoms with Crippen LogP contribution in [0.4, 0.5) is 4.79 Å². The summed E-state index contributed by atoms with van der Waals surface area (Å²) < 4.78 is 5.02. The Labute approximate surface area is 118 Å². The van der Waals surface area contributed by atoms with E-state index in [1.807, 2.05) is 44.2 Å². The third kappa shape index (κ3) is 6.19. The summed E-state index contributed by atoms with van der Waals surface area (Å²) in [6, 6.07) is 8.78. The van der Waals surface area contributed by atoms with Gasteiger partial charge in [0.25, 0.3) is 5.91 Å². The molecule has 2 amide bonds. The highest BCUT2D eigenvalue weighted by Gasteiger charge is 2.16. The van der Waals surface area contributed by atoms with Gasteiger partial charge in [0, 0.05) is 6.04 Å². The van der Waals surface area contributed by atoms with E-state index in [1.165, 1.54) is 0 Å². The zero-order valence-corrected chi connectivity index (χ0v) is 12.0. The van der Waals surface area contributed by atoms with Crippen molar-refractivity contribution in [3.63, 3.8) is 0 Å². The zero-order valence-electron chi connectivity index (χ0n) is 12.0. The topological polar surface area (TPSA) is 79.5 Å². The first-order valence-corrected chi connectivity index (χ1v) is 6.51. The van der Waals surface area contributed by atoms with Crippen molar-refractivity contribution in [1.82, 2.24) is 16.2 Å². The zero-order chi connectivity index (χ0) is 15.0. The van der Waals surface area contributed by atoms with Crippen LogP contribution in [0.25, 0.3) is 0 Å². The Kier molecular flexibility index (Phi) is 6.52. The summed E-state index contributed by atoms with van der Waals surface area (Å²) in [5, 5.41) is 2.46. The number of benzene rings is 1. The Hall–Kier alpha value is -2.08. The van der Waals surface area contributed by atoms with Crippen LogP contribution in [0.1, 0.15) is 26.3 Å². The maximum atomic E-state index is 11.6. The minimum Gasteiger partial charge on any atom is -0.445 e. The fourth-order valence-electron chi connectivity index (χ4n) is 1.33. The van der Waals surface area contributed by atoms with Gasteiger partial charge >= 0.3 is 6.09 Å². The molecule has 3 N–H and O–H groups in total. The first kappa shape index (κ1) is 16.0. The molecule has 0 aromatic heterocycles. The Morgan fingerprint density at radius 1 is 1.15 bits per heavy atom. The molecule has 0 bridgehead atoms. The molecule has 1 aromatic carbocycles. The Morgan fingerprint density at radius 3 is 2.40 bits per heavy atom. The summed E-state index contributed by atoms with van der Waals surface area (Å²) in [4.78, 5) is 23.1. The number of alkyl carbamates (subject to hydrolysis) is 1. The lowest BCUT2D eigenvalue weighted by Gasteiger charge is -2.16. The highest BCUT2D eigenvalue weighted by Crippen LogP contribution is 2.00. The van der Waals surface area contributed by atoms with Gasteiger partial charge in [-0.2, -0.15) is 0 Å². The summed E-state index contributed by atoms with van der Waals surface area (Å²) in [6.45, 7) is 5.55. The molecule has 0 saturated carbocycles. The normalized spacial score (nSPS) is 11.8. The van der Waals surface area contributed by atoms with Crippen LogP contribution in [0.5, 0.6) is 0 Å². The van der Waals surface area contributed by atoms with Crippen molar-refractivity contribution in [2.24, 2.45) is 0 Å². The van der Waals surface area contributed by atoms with Gasteiger partial charge in [-0.1, -0.05) is 30.3 Å². The summed E-state index contributed by atoms with van der Waals surface area (Å²) in [7, 11) is 0. The lowest BCUT2D eigenvalue weighted by Crippen LogP contribution is -2.51. The summed E-state index contributed by atoms with van der Waals surface area (Å²) in [5.74, 6) is -0.324. The van der Waals surface area contributed by atoms with E-state index < -0.39 is 12.1 Å². The SMILES string of the molecule is CC(C)NNC(=O)[C@H](C)NC(=O)OCc1ccccc1. The molecule has 0 fully saturated rings. The van der Waals surface area contributed by atoms with Crippen LogP contribution < -0.4 is 16.2 Å². The number of hydrogen-bond acceptors (Lipinski definition) is 4. The molecule has 110 valence electrons. The van der Waals surface area contributed by atoms with E-state index in [2.05, 4.69) is 16.2 Å². The number of hydrogen-bond donors (Lipinski definition) is 3. The van der Waals surface area contributed by atoms with Crippen molar-refractivity contribution < 1.29 is 14.3 Å². The van der Waals surface area contributed by atoms with Gasteiger partial charge in [-0.3, -0.25) is 10.2 Å². The van der Waals surface area contributed by atoms with Gasteiger partial charge in [0.15, 0.2) is 0 Å². The van der Waals surface area contributed by atoms with Crippen molar-refractivity contribution in [2.75, 3.05) is 0 Å². The molecule has 20 heavy (non-hydrogen) atoms. The predicted molar refractivity (Wildman–Crippen MR) is 75.6 cm³/mol. The monoisotopic (exact) mass is 279 g/mol. The van der Waals surface area contributed by atoms with Crippen molar-refractivity contribution >= 4 is 12.0 Å². The largest absolute Gasteiger partial charge is 0.445 e. The van der Waals surface area contributed by atoms with Crippen LogP contribution in [-0.4, -0.2) is 24.1 Å². The molecule has 6 heteroatoms. The van der Waals surface area contributed by atoms with E-state index >= 15 is 0 Å². The Balaban J connectivity index is 2.29. The van der Waals surface area contributed by atoms with Crippen molar-refractivity contribution in [3.05, 3.63) is 35.9 Å². The van der Waals surface area contributed by atoms with E-state index in [1.54, 1.807) is 6.92 Å². The van der Waals surface area contributed by atoms with E-state index in [4.69, 9.17) is 4.74 Å². The second-order valence-electron chi connectivity index (χ2n) is 4.72. The lowest BCUT2D eigenvalue weighted by molar-refractivity contribution is -0.123. The molecule has 0 aliphatic rings. The van der Waals surface area contributed by atoms with E-state index in [-0.39, 0.29) is 18.6 Å². The second-order valence-corrected chi connectivity index (χ2v) is 4.72. The second kappa shape index (κ2) is 8.16. The molecule has 0 saturated heterocycles. The average Bonchev–Trinajstić information content (AvgIpc) is 2.43. The van der Waals surface area contributed by atoms with Gasteiger partial charge in [-0.05, 0) is 26.3 Å². The van der Waals surface area contributed by atoms with Gasteiger partial charge in [0.1, 0.15) is 12.6 Å². The van der Waals surface area contributed by atoms with Crippen LogP contribution in [0.15, 0.2) is 30.3 Å². The average molecular weight is 279 g/mol. The molecule has 0 aliphatic heterocycles. The van der Waals surface area contributed by atoms with E-state index in [9.17, 15) is 9.59 Å². The number of rotatable bonds is 6. The number of nitrogens with one attached hydrogen (secondary N) is 3. The molecule has 0 aliphatic carbocycles. The standard InChI is InChI=1S/C14H21N3O3/c1-10(2)16-17-13(18)11(3)15-14(19)20-9-12-7-5-4-6-8-12/h4-8,10-11,16H,9H2,1-3H3,(H,15,19)(H,17,18)/t11-/m0/s1. The number of carbonyl (C=O) groups is 2. The number of carbonyl (C=O) groups excluding carboxylic acids is 2. The number of ether oxygens (including phenoxy) is 1. The highest BCUT2D eigenvalue weighted by molar-refractivity contribution is 5.84. The van der Waals surface area contributed by atoms with Crippen LogP contribution in [0, 0.1) is 0 Å². The van der Waals surface area contributed by atoms with Crippen LogP contribution in [0.3, 0.4) is 0 Å².